The summed E-state index contributed by atoms with van der Waals surface area (Å²) in [4.78, 5) is 32.0. The fourth-order valence-corrected chi connectivity index (χ4v) is 4.17. The fraction of sp³-hybridized carbons (Fsp3) is 0.250. The molecule has 2 N–H and O–H groups in total. The molecule has 1 saturated heterocycles. The number of likely N-dealkylation sites (tertiary alicyclic amines) is 1. The van der Waals surface area contributed by atoms with Crippen LogP contribution in [0.4, 0.5) is 0 Å². The lowest BCUT2D eigenvalue weighted by Crippen LogP contribution is -2.29. The number of rotatable bonds is 8. The third-order valence-electron chi connectivity index (χ3n) is 5.71. The molecule has 1 aliphatic heterocycles. The minimum Gasteiger partial charge on any atom is -0.507 e. The number of carbonyl (C=O) groups is 2. The zero-order chi connectivity index (χ0) is 25.8. The number of hydrogen-bond donors (Lipinski definition) is 2. The molecule has 2 heterocycles. The van der Waals surface area contributed by atoms with Crippen LogP contribution < -0.4 is 9.47 Å². The second-order valence-electron chi connectivity index (χ2n) is 8.64. The van der Waals surface area contributed by atoms with Gasteiger partial charge in [-0.3, -0.25) is 14.6 Å². The molecular formula is C28H28N2O6. The predicted octanol–water partition coefficient (Wildman–Crippen LogP) is 4.60. The Morgan fingerprint density at radius 3 is 2.50 bits per heavy atom. The van der Waals surface area contributed by atoms with Gasteiger partial charge < -0.3 is 24.6 Å². The Morgan fingerprint density at radius 1 is 1.11 bits per heavy atom. The van der Waals surface area contributed by atoms with Crippen molar-refractivity contribution in [1.82, 2.24) is 9.88 Å². The Balaban J connectivity index is 1.83. The first kappa shape index (κ1) is 24.8. The van der Waals surface area contributed by atoms with E-state index < -0.39 is 17.7 Å². The molecule has 0 bridgehead atoms. The number of aliphatic hydroxyl groups excluding tert-OH is 1. The molecule has 1 fully saturated rings. The number of aliphatic hydroxyl groups is 1. The van der Waals surface area contributed by atoms with Gasteiger partial charge >= 0.3 is 0 Å². The summed E-state index contributed by atoms with van der Waals surface area (Å²) in [5.74, 6) is -1.06. The zero-order valence-electron chi connectivity index (χ0n) is 20.3. The smallest absolute Gasteiger partial charge is 0.295 e. The summed E-state index contributed by atoms with van der Waals surface area (Å²) in [6, 6.07) is 14.0. The number of Topliss-reactive ketones (excluding diaryl/α,β-unsaturated/α-hetero) is 1. The summed E-state index contributed by atoms with van der Waals surface area (Å²) < 4.78 is 11.2. The summed E-state index contributed by atoms with van der Waals surface area (Å²) in [6.07, 6.45) is 3.22. The van der Waals surface area contributed by atoms with Gasteiger partial charge in [0, 0.05) is 24.5 Å². The van der Waals surface area contributed by atoms with Crippen molar-refractivity contribution in [2.75, 3.05) is 6.61 Å². The van der Waals surface area contributed by atoms with Gasteiger partial charge in [-0.25, -0.2) is 0 Å². The van der Waals surface area contributed by atoms with Crippen LogP contribution in [0.5, 0.6) is 17.2 Å². The summed E-state index contributed by atoms with van der Waals surface area (Å²) in [5.41, 5.74) is 1.57. The zero-order valence-corrected chi connectivity index (χ0v) is 20.3. The number of hydrogen-bond acceptors (Lipinski definition) is 7. The van der Waals surface area contributed by atoms with Crippen LogP contribution >= 0.6 is 0 Å². The van der Waals surface area contributed by atoms with Crippen LogP contribution in [-0.4, -0.2) is 44.5 Å². The number of ketones is 1. The molecule has 4 rings (SSSR count). The van der Waals surface area contributed by atoms with E-state index in [4.69, 9.17) is 9.47 Å². The maximum atomic E-state index is 13.3. The summed E-state index contributed by atoms with van der Waals surface area (Å²) in [5, 5.41) is 21.5. The first-order chi connectivity index (χ1) is 17.3. The minimum absolute atomic E-state index is 0.0173. The largest absolute Gasteiger partial charge is 0.507 e. The topological polar surface area (TPSA) is 109 Å². The maximum absolute atomic E-state index is 13.3. The number of pyridine rings is 1. The van der Waals surface area contributed by atoms with Crippen LogP contribution in [0.1, 0.15) is 43.5 Å². The number of aromatic nitrogens is 1. The molecule has 0 radical (unpaired) electrons. The molecular weight excluding hydrogens is 460 g/mol. The van der Waals surface area contributed by atoms with Gasteiger partial charge in [-0.05, 0) is 74.4 Å². The maximum Gasteiger partial charge on any atom is 0.295 e. The number of amides is 1. The summed E-state index contributed by atoms with van der Waals surface area (Å²) in [6.45, 7) is 6.02. The molecule has 186 valence electrons. The van der Waals surface area contributed by atoms with E-state index in [0.717, 1.165) is 5.56 Å². The van der Waals surface area contributed by atoms with Crippen LogP contribution in [-0.2, 0) is 16.1 Å². The average Bonchev–Trinajstić information content (AvgIpc) is 3.11. The van der Waals surface area contributed by atoms with Crippen molar-refractivity contribution in [2.24, 2.45) is 0 Å². The Labute approximate surface area is 209 Å². The average molecular weight is 489 g/mol. The number of carbonyl (C=O) groups excluding carboxylic acids is 2. The molecule has 36 heavy (non-hydrogen) atoms. The van der Waals surface area contributed by atoms with Gasteiger partial charge in [-0.15, -0.1) is 0 Å². The van der Waals surface area contributed by atoms with Gasteiger partial charge in [-0.1, -0.05) is 12.1 Å². The molecule has 8 heteroatoms. The highest BCUT2D eigenvalue weighted by Gasteiger charge is 2.46. The van der Waals surface area contributed by atoms with E-state index in [1.807, 2.05) is 13.8 Å². The fourth-order valence-electron chi connectivity index (χ4n) is 4.17. The quantitative estimate of drug-likeness (QED) is 0.271. The molecule has 1 amide bonds. The number of benzene rings is 2. The monoisotopic (exact) mass is 488 g/mol. The van der Waals surface area contributed by atoms with Gasteiger partial charge in [0.25, 0.3) is 11.7 Å². The lowest BCUT2D eigenvalue weighted by molar-refractivity contribution is -0.140. The van der Waals surface area contributed by atoms with E-state index in [1.54, 1.807) is 67.8 Å². The summed E-state index contributed by atoms with van der Waals surface area (Å²) >= 11 is 0. The van der Waals surface area contributed by atoms with E-state index in [0.29, 0.717) is 23.5 Å². The number of nitrogens with zero attached hydrogens (tertiary/aromatic N) is 2. The van der Waals surface area contributed by atoms with Crippen molar-refractivity contribution in [3.05, 3.63) is 89.3 Å². The molecule has 0 spiro atoms. The molecule has 0 saturated carbocycles. The lowest BCUT2D eigenvalue weighted by Gasteiger charge is -2.26. The third-order valence-corrected chi connectivity index (χ3v) is 5.71. The van der Waals surface area contributed by atoms with Crippen LogP contribution in [0, 0.1) is 0 Å². The second-order valence-corrected chi connectivity index (χ2v) is 8.64. The van der Waals surface area contributed by atoms with Crippen LogP contribution in [0.2, 0.25) is 0 Å². The molecule has 1 atom stereocenters. The second kappa shape index (κ2) is 10.5. The minimum atomic E-state index is -0.906. The van der Waals surface area contributed by atoms with E-state index >= 15 is 0 Å². The molecule has 2 aromatic carbocycles. The molecule has 1 aliphatic rings. The SMILES string of the molecule is CCOc1cc([C@H]2/C(=C(\O)c3ccc(OC(C)C)cc3)C(=O)C(=O)N2Cc2cccnc2)ccc1O. The molecule has 8 nitrogen and oxygen atoms in total. The Morgan fingerprint density at radius 2 is 1.86 bits per heavy atom. The first-order valence-electron chi connectivity index (χ1n) is 11.7. The van der Waals surface area contributed by atoms with Crippen LogP contribution in [0.3, 0.4) is 0 Å². The van der Waals surface area contributed by atoms with E-state index in [1.165, 1.54) is 11.0 Å². The Hall–Kier alpha value is -4.33. The number of phenols is 1. The number of aromatic hydroxyl groups is 1. The van der Waals surface area contributed by atoms with Gasteiger partial charge in [0.15, 0.2) is 11.5 Å². The highest BCUT2D eigenvalue weighted by atomic mass is 16.5. The number of phenolic OH excluding ortho intramolecular Hbond substituents is 1. The molecule has 0 aliphatic carbocycles. The van der Waals surface area contributed by atoms with Crippen molar-refractivity contribution in [2.45, 2.75) is 39.5 Å². The normalized spacial score (nSPS) is 17.0. The van der Waals surface area contributed by atoms with Crippen LogP contribution in [0.25, 0.3) is 5.76 Å². The molecule has 0 unspecified atom stereocenters. The van der Waals surface area contributed by atoms with Crippen molar-refractivity contribution >= 4 is 17.4 Å². The Bertz CT molecular complexity index is 1290. The Kier molecular flexibility index (Phi) is 7.24. The van der Waals surface area contributed by atoms with E-state index in [-0.39, 0.29) is 35.5 Å². The number of ether oxygens (including phenoxy) is 2. The van der Waals surface area contributed by atoms with Gasteiger partial charge in [0.1, 0.15) is 11.5 Å². The van der Waals surface area contributed by atoms with Crippen molar-refractivity contribution in [1.29, 1.82) is 0 Å². The van der Waals surface area contributed by atoms with Gasteiger partial charge in [0.2, 0.25) is 0 Å². The van der Waals surface area contributed by atoms with E-state index in [2.05, 4.69) is 4.98 Å². The standard InChI is InChI=1S/C28H28N2O6/c1-4-35-23-14-20(9-12-22(23)31)25-24(26(32)19-7-10-21(11-8-19)36-17(2)3)27(33)28(34)30(25)16-18-6-5-13-29-15-18/h5-15,17,25,31-32H,4,16H2,1-3H3/b26-24+/t25-/m0/s1. The van der Waals surface area contributed by atoms with Crippen molar-refractivity contribution in [3.63, 3.8) is 0 Å². The van der Waals surface area contributed by atoms with E-state index in [9.17, 15) is 19.8 Å². The van der Waals surface area contributed by atoms with Gasteiger partial charge in [0.05, 0.1) is 24.3 Å². The van der Waals surface area contributed by atoms with Crippen LogP contribution in [0.15, 0.2) is 72.6 Å². The summed E-state index contributed by atoms with van der Waals surface area (Å²) in [7, 11) is 0. The molecule has 3 aromatic rings. The highest BCUT2D eigenvalue weighted by molar-refractivity contribution is 6.46. The van der Waals surface area contributed by atoms with Crippen molar-refractivity contribution in [3.8, 4) is 17.2 Å². The third kappa shape index (κ3) is 5.02. The predicted molar refractivity (Wildman–Crippen MR) is 134 cm³/mol. The van der Waals surface area contributed by atoms with Crippen molar-refractivity contribution < 1.29 is 29.3 Å². The highest BCUT2D eigenvalue weighted by Crippen LogP contribution is 2.42. The lowest BCUT2D eigenvalue weighted by atomic mass is 9.94. The first-order valence-corrected chi connectivity index (χ1v) is 11.7. The molecule has 1 aromatic heterocycles. The van der Waals surface area contributed by atoms with Gasteiger partial charge in [-0.2, -0.15) is 0 Å².